The lowest BCUT2D eigenvalue weighted by atomic mass is 9.91. The second-order valence-corrected chi connectivity index (χ2v) is 10.3. The van der Waals surface area contributed by atoms with E-state index in [1.807, 2.05) is 50.2 Å². The number of anilines is 1. The zero-order chi connectivity index (χ0) is 25.1. The first kappa shape index (κ1) is 25.5. The molecule has 2 aromatic rings. The van der Waals surface area contributed by atoms with E-state index in [-0.39, 0.29) is 17.1 Å². The maximum Gasteiger partial charge on any atom is 0.307 e. The molecular weight excluding hydrogens is 485 g/mol. The van der Waals surface area contributed by atoms with Crippen molar-refractivity contribution in [3.05, 3.63) is 64.2 Å². The summed E-state index contributed by atoms with van der Waals surface area (Å²) >= 11 is 12.8. The summed E-state index contributed by atoms with van der Waals surface area (Å²) in [4.78, 5) is 13.4. The Morgan fingerprint density at radius 2 is 2.06 bits per heavy atom. The Kier molecular flexibility index (Phi) is 8.05. The second-order valence-electron chi connectivity index (χ2n) is 9.58. The number of nitrogens with zero attached hydrogens (tertiary/aromatic N) is 1. The van der Waals surface area contributed by atoms with Gasteiger partial charge in [-0.05, 0) is 92.2 Å². The standard InChI is InChI=1S/C27H31Cl2N3O3/c1-16(2)31-24-8-3-17(11-23(24)26(29)30)15-35-21-6-7-22-18(12-21)4-5-19(25(22)28)13-32-10-9-20(14-32)27(33)34/h3,6-8,11-12,16,20,30-31H,4-5,9-10,13-15H2,1-2H3,(H,33,34). The molecule has 0 saturated carbocycles. The van der Waals surface area contributed by atoms with E-state index in [2.05, 4.69) is 10.2 Å². The summed E-state index contributed by atoms with van der Waals surface area (Å²) in [7, 11) is 0. The summed E-state index contributed by atoms with van der Waals surface area (Å²) in [6.45, 7) is 6.55. The Balaban J connectivity index is 1.42. The highest BCUT2D eigenvalue weighted by atomic mass is 35.5. The Hall–Kier alpha value is -2.54. The molecule has 2 aromatic carbocycles. The minimum Gasteiger partial charge on any atom is -0.489 e. The van der Waals surface area contributed by atoms with Crippen molar-refractivity contribution in [1.82, 2.24) is 4.90 Å². The summed E-state index contributed by atoms with van der Waals surface area (Å²) in [5.41, 5.74) is 5.77. The summed E-state index contributed by atoms with van der Waals surface area (Å²) in [5, 5.41) is 21.2. The molecule has 1 aliphatic heterocycles. The summed E-state index contributed by atoms with van der Waals surface area (Å²) in [6, 6.07) is 12.0. The van der Waals surface area contributed by atoms with Crippen LogP contribution in [0.25, 0.3) is 5.03 Å². The van der Waals surface area contributed by atoms with Gasteiger partial charge in [0.25, 0.3) is 0 Å². The fourth-order valence-electron chi connectivity index (χ4n) is 4.73. The Bertz CT molecular complexity index is 1160. The van der Waals surface area contributed by atoms with Crippen LogP contribution in [0.2, 0.25) is 0 Å². The van der Waals surface area contributed by atoms with Gasteiger partial charge in [0.1, 0.15) is 17.5 Å². The topological polar surface area (TPSA) is 85.7 Å². The molecule has 3 N–H and O–H groups in total. The van der Waals surface area contributed by atoms with Crippen LogP contribution in [0.5, 0.6) is 5.75 Å². The monoisotopic (exact) mass is 515 g/mol. The molecule has 1 aliphatic carbocycles. The maximum absolute atomic E-state index is 11.2. The molecule has 2 aliphatic rings. The van der Waals surface area contributed by atoms with Crippen molar-refractivity contribution in [2.45, 2.75) is 45.8 Å². The van der Waals surface area contributed by atoms with Crippen LogP contribution < -0.4 is 10.1 Å². The molecule has 1 unspecified atom stereocenters. The number of rotatable bonds is 9. The number of halogens is 2. The molecule has 0 aromatic heterocycles. The van der Waals surface area contributed by atoms with Crippen molar-refractivity contribution >= 4 is 45.1 Å². The van der Waals surface area contributed by atoms with E-state index in [0.29, 0.717) is 25.1 Å². The second kappa shape index (κ2) is 11.0. The molecule has 0 bridgehead atoms. The molecule has 1 fully saturated rings. The Morgan fingerprint density at radius 1 is 1.26 bits per heavy atom. The molecule has 0 radical (unpaired) electrons. The number of aryl methyl sites for hydroxylation is 1. The van der Waals surface area contributed by atoms with Gasteiger partial charge in [-0.15, -0.1) is 0 Å². The quantitative estimate of drug-likeness (QED) is 0.359. The van der Waals surface area contributed by atoms with Crippen LogP contribution in [0.4, 0.5) is 5.69 Å². The highest BCUT2D eigenvalue weighted by Gasteiger charge is 2.29. The molecule has 8 heteroatoms. The third-order valence-electron chi connectivity index (χ3n) is 6.53. The van der Waals surface area contributed by atoms with Gasteiger partial charge in [0.05, 0.1) is 5.92 Å². The van der Waals surface area contributed by atoms with Crippen LogP contribution in [0.3, 0.4) is 0 Å². The first-order chi connectivity index (χ1) is 16.7. The first-order valence-electron chi connectivity index (χ1n) is 11.9. The number of likely N-dealkylation sites (tertiary alicyclic amines) is 1. The minimum atomic E-state index is -0.714. The van der Waals surface area contributed by atoms with Gasteiger partial charge in [-0.3, -0.25) is 15.1 Å². The lowest BCUT2D eigenvalue weighted by molar-refractivity contribution is -0.141. The third-order valence-corrected chi connectivity index (χ3v) is 7.20. The van der Waals surface area contributed by atoms with Crippen LogP contribution >= 0.6 is 23.2 Å². The van der Waals surface area contributed by atoms with Gasteiger partial charge >= 0.3 is 5.97 Å². The maximum atomic E-state index is 11.2. The lowest BCUT2D eigenvalue weighted by Gasteiger charge is -2.24. The molecule has 6 nitrogen and oxygen atoms in total. The fraction of sp³-hybridized carbons (Fsp3) is 0.407. The van der Waals surface area contributed by atoms with Crippen LogP contribution in [-0.4, -0.2) is 46.8 Å². The average molecular weight is 516 g/mol. The van der Waals surface area contributed by atoms with E-state index in [1.54, 1.807) is 0 Å². The van der Waals surface area contributed by atoms with Gasteiger partial charge in [-0.2, -0.15) is 0 Å². The molecular formula is C27H31Cl2N3O3. The van der Waals surface area contributed by atoms with Crippen LogP contribution in [-0.2, 0) is 17.8 Å². The largest absolute Gasteiger partial charge is 0.489 e. The molecule has 0 spiro atoms. The highest BCUT2D eigenvalue weighted by Crippen LogP contribution is 2.37. The van der Waals surface area contributed by atoms with Crippen molar-refractivity contribution in [2.24, 2.45) is 5.92 Å². The van der Waals surface area contributed by atoms with E-state index < -0.39 is 5.97 Å². The van der Waals surface area contributed by atoms with Crippen molar-refractivity contribution < 1.29 is 14.6 Å². The van der Waals surface area contributed by atoms with Gasteiger partial charge in [-0.1, -0.05) is 29.3 Å². The van der Waals surface area contributed by atoms with E-state index in [9.17, 15) is 9.90 Å². The van der Waals surface area contributed by atoms with E-state index >= 15 is 0 Å². The molecule has 1 saturated heterocycles. The summed E-state index contributed by atoms with van der Waals surface area (Å²) in [6.07, 6.45) is 2.43. The SMILES string of the molecule is CC(C)Nc1ccc(COc2ccc3c(c2)CCC(CN2CCC(C(=O)O)C2)=C3Cl)cc1C(=N)Cl. The molecule has 1 atom stereocenters. The number of fused-ring (bicyclic) bond motifs is 1. The number of benzene rings is 2. The van der Waals surface area contributed by atoms with Crippen LogP contribution in [0.1, 0.15) is 48.9 Å². The van der Waals surface area contributed by atoms with E-state index in [4.69, 9.17) is 33.3 Å². The van der Waals surface area contributed by atoms with Gasteiger partial charge in [-0.25, -0.2) is 0 Å². The number of ether oxygens (including phenoxy) is 1. The molecule has 186 valence electrons. The normalized spacial score (nSPS) is 18.0. The predicted octanol–water partition coefficient (Wildman–Crippen LogP) is 5.95. The summed E-state index contributed by atoms with van der Waals surface area (Å²) in [5.74, 6) is -0.222. The van der Waals surface area contributed by atoms with Gasteiger partial charge in [0.2, 0.25) is 0 Å². The Morgan fingerprint density at radius 3 is 2.74 bits per heavy atom. The predicted molar refractivity (Wildman–Crippen MR) is 142 cm³/mol. The average Bonchev–Trinajstić information content (AvgIpc) is 3.29. The lowest BCUT2D eigenvalue weighted by Crippen LogP contribution is -2.26. The number of hydrogen-bond donors (Lipinski definition) is 3. The van der Waals surface area contributed by atoms with Crippen LogP contribution in [0, 0.1) is 11.3 Å². The number of aliphatic carboxylic acids is 1. The van der Waals surface area contributed by atoms with Crippen molar-refractivity contribution in [3.8, 4) is 5.75 Å². The van der Waals surface area contributed by atoms with E-state index in [0.717, 1.165) is 59.1 Å². The molecule has 4 rings (SSSR count). The third kappa shape index (κ3) is 6.18. The smallest absolute Gasteiger partial charge is 0.307 e. The van der Waals surface area contributed by atoms with Gasteiger partial charge < -0.3 is 15.2 Å². The molecule has 1 heterocycles. The number of nitrogens with one attached hydrogen (secondary N) is 2. The minimum absolute atomic E-state index is 0.00609. The molecule has 0 amide bonds. The number of carboxylic acids is 1. The van der Waals surface area contributed by atoms with Crippen molar-refractivity contribution in [3.63, 3.8) is 0 Å². The summed E-state index contributed by atoms with van der Waals surface area (Å²) < 4.78 is 6.06. The Labute approximate surface area is 216 Å². The van der Waals surface area contributed by atoms with Crippen molar-refractivity contribution in [2.75, 3.05) is 25.0 Å². The zero-order valence-corrected chi connectivity index (χ0v) is 21.5. The zero-order valence-electron chi connectivity index (χ0n) is 20.0. The number of carbonyl (C=O) groups is 1. The van der Waals surface area contributed by atoms with Crippen LogP contribution in [0.15, 0.2) is 42.0 Å². The van der Waals surface area contributed by atoms with Crippen molar-refractivity contribution in [1.29, 1.82) is 5.41 Å². The molecule has 35 heavy (non-hydrogen) atoms. The highest BCUT2D eigenvalue weighted by molar-refractivity contribution is 6.69. The fourth-order valence-corrected chi connectivity index (χ4v) is 5.22. The van der Waals surface area contributed by atoms with Gasteiger partial charge in [0, 0.05) is 35.4 Å². The van der Waals surface area contributed by atoms with E-state index in [1.165, 1.54) is 5.57 Å². The first-order valence-corrected chi connectivity index (χ1v) is 12.7. The number of carboxylic acid groups (broad SMARTS) is 1. The van der Waals surface area contributed by atoms with Gasteiger partial charge in [0.15, 0.2) is 0 Å². The number of hydrogen-bond acceptors (Lipinski definition) is 5.